The van der Waals surface area contributed by atoms with Gasteiger partial charge in [-0.2, -0.15) is 5.26 Å². The topological polar surface area (TPSA) is 108 Å². The van der Waals surface area contributed by atoms with Crippen LogP contribution >= 0.6 is 0 Å². The van der Waals surface area contributed by atoms with Crippen molar-refractivity contribution in [3.63, 3.8) is 0 Å². The number of furan rings is 1. The lowest BCUT2D eigenvalue weighted by Gasteiger charge is -2.25. The van der Waals surface area contributed by atoms with Gasteiger partial charge in [-0.05, 0) is 50.8 Å². The average Bonchev–Trinajstić information content (AvgIpc) is 3.15. The van der Waals surface area contributed by atoms with E-state index in [1.54, 1.807) is 25.3 Å². The minimum Gasteiger partial charge on any atom is -0.459 e. The Balaban J connectivity index is 1.60. The molecule has 1 aliphatic carbocycles. The largest absolute Gasteiger partial charge is 0.459 e. The lowest BCUT2D eigenvalue weighted by molar-refractivity contribution is -0.123. The van der Waals surface area contributed by atoms with Crippen LogP contribution in [-0.4, -0.2) is 39.6 Å². The highest BCUT2D eigenvalue weighted by molar-refractivity contribution is 5.79. The van der Waals surface area contributed by atoms with Crippen molar-refractivity contribution in [2.75, 3.05) is 13.1 Å². The minimum absolute atomic E-state index is 0.167. The van der Waals surface area contributed by atoms with E-state index in [1.165, 1.54) is 0 Å². The van der Waals surface area contributed by atoms with Gasteiger partial charge in [0, 0.05) is 0 Å². The summed E-state index contributed by atoms with van der Waals surface area (Å²) >= 11 is 0. The number of hydrogen-bond acceptors (Lipinski definition) is 7. The molecule has 26 heavy (non-hydrogen) atoms. The van der Waals surface area contributed by atoms with Gasteiger partial charge in [-0.3, -0.25) is 9.69 Å². The van der Waals surface area contributed by atoms with Crippen LogP contribution in [0.1, 0.15) is 39.0 Å². The first-order valence-corrected chi connectivity index (χ1v) is 8.85. The molecule has 0 aliphatic heterocycles. The van der Waals surface area contributed by atoms with Crippen molar-refractivity contribution in [1.82, 2.24) is 20.4 Å². The first-order valence-electron chi connectivity index (χ1n) is 8.85. The van der Waals surface area contributed by atoms with E-state index in [1.807, 2.05) is 11.8 Å². The fourth-order valence-electron chi connectivity index (χ4n) is 2.95. The third-order valence-corrected chi connectivity index (χ3v) is 4.49. The van der Waals surface area contributed by atoms with Gasteiger partial charge in [-0.1, -0.05) is 6.92 Å². The van der Waals surface area contributed by atoms with Crippen LogP contribution in [0.25, 0.3) is 11.7 Å². The Bertz CT molecular complexity index is 775. The Morgan fingerprint density at radius 1 is 1.50 bits per heavy atom. The number of aromatic nitrogens is 2. The van der Waals surface area contributed by atoms with Crippen molar-refractivity contribution >= 4 is 5.91 Å². The summed E-state index contributed by atoms with van der Waals surface area (Å²) in [4.78, 5) is 14.4. The molecule has 2 aromatic heterocycles. The normalized spacial score (nSPS) is 16.2. The number of carbonyl (C=O) groups excluding carboxylic acids is 1. The Labute approximate surface area is 152 Å². The summed E-state index contributed by atoms with van der Waals surface area (Å²) in [5.74, 6) is 1.33. The van der Waals surface area contributed by atoms with Gasteiger partial charge < -0.3 is 14.2 Å². The second-order valence-electron chi connectivity index (χ2n) is 6.83. The van der Waals surface area contributed by atoms with Gasteiger partial charge in [0.2, 0.25) is 11.8 Å². The van der Waals surface area contributed by atoms with Gasteiger partial charge in [-0.25, -0.2) is 0 Å². The summed E-state index contributed by atoms with van der Waals surface area (Å²) in [6, 6.07) is 5.74. The Hall–Kier alpha value is -2.66. The number of hydrogen-bond donors (Lipinski definition) is 1. The Morgan fingerprint density at radius 3 is 2.92 bits per heavy atom. The van der Waals surface area contributed by atoms with Gasteiger partial charge in [0.15, 0.2) is 5.76 Å². The fourth-order valence-corrected chi connectivity index (χ4v) is 2.95. The van der Waals surface area contributed by atoms with Crippen LogP contribution in [-0.2, 0) is 11.3 Å². The molecule has 2 heterocycles. The molecule has 8 heteroatoms. The fraction of sp³-hybridized carbons (Fsp3) is 0.556. The van der Waals surface area contributed by atoms with Crippen molar-refractivity contribution in [3.8, 4) is 17.7 Å². The average molecular weight is 357 g/mol. The molecule has 138 valence electrons. The van der Waals surface area contributed by atoms with E-state index in [2.05, 4.69) is 21.6 Å². The number of amides is 1. The predicted octanol–water partition coefficient (Wildman–Crippen LogP) is 2.35. The Kier molecular flexibility index (Phi) is 5.38. The van der Waals surface area contributed by atoms with Crippen LogP contribution in [0.15, 0.2) is 27.2 Å². The molecule has 8 nitrogen and oxygen atoms in total. The van der Waals surface area contributed by atoms with Crippen molar-refractivity contribution in [2.45, 2.75) is 45.2 Å². The lowest BCUT2D eigenvalue weighted by atomic mass is 9.98. The number of nitrogens with zero attached hydrogens (tertiary/aromatic N) is 4. The molecular formula is C18H23N5O3. The number of rotatable bonds is 9. The SMILES string of the molecule is CCCN(CC(=O)N[C@@](C)(C#N)C1CC1)Cc1nnc(-c2ccco2)o1. The highest BCUT2D eigenvalue weighted by atomic mass is 16.4. The molecule has 1 fully saturated rings. The van der Waals surface area contributed by atoms with E-state index in [-0.39, 0.29) is 18.4 Å². The first-order chi connectivity index (χ1) is 12.5. The van der Waals surface area contributed by atoms with E-state index < -0.39 is 5.54 Å². The molecule has 1 saturated carbocycles. The third-order valence-electron chi connectivity index (χ3n) is 4.49. The Morgan fingerprint density at radius 2 is 2.31 bits per heavy atom. The zero-order chi connectivity index (χ0) is 18.6. The van der Waals surface area contributed by atoms with Crippen LogP contribution in [0.4, 0.5) is 0 Å². The second-order valence-corrected chi connectivity index (χ2v) is 6.83. The number of nitrogens with one attached hydrogen (secondary N) is 1. The van der Waals surface area contributed by atoms with Crippen molar-refractivity contribution in [1.29, 1.82) is 5.26 Å². The van der Waals surface area contributed by atoms with Crippen LogP contribution in [0.2, 0.25) is 0 Å². The summed E-state index contributed by atoms with van der Waals surface area (Å²) in [5, 5.41) is 20.3. The quantitative estimate of drug-likeness (QED) is 0.734. The van der Waals surface area contributed by atoms with Gasteiger partial charge in [0.05, 0.1) is 25.4 Å². The zero-order valence-electron chi connectivity index (χ0n) is 15.1. The van der Waals surface area contributed by atoms with E-state index >= 15 is 0 Å². The number of carbonyl (C=O) groups is 1. The smallest absolute Gasteiger partial charge is 0.283 e. The highest BCUT2D eigenvalue weighted by Crippen LogP contribution is 2.39. The molecule has 1 atom stereocenters. The molecule has 0 aromatic carbocycles. The van der Waals surface area contributed by atoms with E-state index in [4.69, 9.17) is 8.83 Å². The number of nitriles is 1. The van der Waals surface area contributed by atoms with E-state index in [0.717, 1.165) is 19.3 Å². The van der Waals surface area contributed by atoms with Crippen LogP contribution in [0.5, 0.6) is 0 Å². The molecule has 1 amide bonds. The van der Waals surface area contributed by atoms with Gasteiger partial charge in [-0.15, -0.1) is 10.2 Å². The van der Waals surface area contributed by atoms with Gasteiger partial charge in [0.1, 0.15) is 5.54 Å². The molecule has 1 N–H and O–H groups in total. The van der Waals surface area contributed by atoms with Gasteiger partial charge in [0.25, 0.3) is 5.89 Å². The molecule has 0 spiro atoms. The molecular weight excluding hydrogens is 334 g/mol. The summed E-state index contributed by atoms with van der Waals surface area (Å²) in [5.41, 5.74) is -0.786. The lowest BCUT2D eigenvalue weighted by Crippen LogP contribution is -2.50. The standard InChI is InChI=1S/C18H23N5O3/c1-3-8-23(10-15(24)20-18(2,12-19)13-6-7-13)11-16-21-22-17(26-16)14-5-4-9-25-14/h4-5,9,13H,3,6-8,10-11H2,1-2H3,(H,20,24)/t18-/m0/s1. The maximum Gasteiger partial charge on any atom is 0.283 e. The van der Waals surface area contributed by atoms with Crippen LogP contribution in [0, 0.1) is 17.2 Å². The maximum absolute atomic E-state index is 12.4. The summed E-state index contributed by atoms with van der Waals surface area (Å²) in [6.45, 7) is 5.08. The third kappa shape index (κ3) is 4.29. The van der Waals surface area contributed by atoms with Crippen molar-refractivity contribution in [3.05, 3.63) is 24.3 Å². The highest BCUT2D eigenvalue weighted by Gasteiger charge is 2.43. The van der Waals surface area contributed by atoms with Gasteiger partial charge >= 0.3 is 0 Å². The predicted molar refractivity (Wildman–Crippen MR) is 92.5 cm³/mol. The molecule has 1 aliphatic rings. The molecule has 3 rings (SSSR count). The minimum atomic E-state index is -0.786. The van der Waals surface area contributed by atoms with Crippen molar-refractivity contribution < 1.29 is 13.6 Å². The van der Waals surface area contributed by atoms with Crippen LogP contribution < -0.4 is 5.32 Å². The summed E-state index contributed by atoms with van der Waals surface area (Å²) in [7, 11) is 0. The zero-order valence-corrected chi connectivity index (χ0v) is 15.1. The molecule has 0 saturated heterocycles. The molecule has 0 bridgehead atoms. The second kappa shape index (κ2) is 7.70. The monoisotopic (exact) mass is 357 g/mol. The summed E-state index contributed by atoms with van der Waals surface area (Å²) in [6.07, 6.45) is 4.39. The van der Waals surface area contributed by atoms with Crippen LogP contribution in [0.3, 0.4) is 0 Å². The summed E-state index contributed by atoms with van der Waals surface area (Å²) < 4.78 is 10.9. The van der Waals surface area contributed by atoms with Crippen molar-refractivity contribution in [2.24, 2.45) is 5.92 Å². The molecule has 0 radical (unpaired) electrons. The van der Waals surface area contributed by atoms with E-state index in [9.17, 15) is 10.1 Å². The van der Waals surface area contributed by atoms with E-state index in [0.29, 0.717) is 30.6 Å². The molecule has 2 aromatic rings. The molecule has 0 unspecified atom stereocenters. The maximum atomic E-state index is 12.4. The first kappa shape index (κ1) is 18.1.